The maximum Gasteiger partial charge on any atom is 0.333 e. The highest BCUT2D eigenvalue weighted by Gasteiger charge is 2.34. The number of ether oxygens (including phenoxy) is 1. The van der Waals surface area contributed by atoms with Gasteiger partial charge in [0.05, 0.1) is 19.3 Å². The number of carbonyl (C=O) groups is 2. The van der Waals surface area contributed by atoms with Crippen molar-refractivity contribution >= 4 is 69.5 Å². The van der Waals surface area contributed by atoms with Crippen LogP contribution in [0.4, 0.5) is 10.5 Å². The molecule has 1 N–H and O–H groups in total. The van der Waals surface area contributed by atoms with E-state index in [2.05, 4.69) is 27.9 Å². The predicted molar refractivity (Wildman–Crippen MR) is 130 cm³/mol. The van der Waals surface area contributed by atoms with Crippen LogP contribution in [0, 0.1) is 3.57 Å². The van der Waals surface area contributed by atoms with E-state index >= 15 is 0 Å². The molecule has 0 bridgehead atoms. The minimum absolute atomic E-state index is 0.217. The van der Waals surface area contributed by atoms with E-state index in [-0.39, 0.29) is 5.70 Å². The molecule has 0 unspecified atom stereocenters. The van der Waals surface area contributed by atoms with Gasteiger partial charge in [-0.1, -0.05) is 53.5 Å². The molecule has 3 aromatic rings. The largest absolute Gasteiger partial charge is 0.488 e. The fourth-order valence-electron chi connectivity index (χ4n) is 3.03. The number of amides is 3. The van der Waals surface area contributed by atoms with Gasteiger partial charge in [0.1, 0.15) is 18.1 Å². The maximum atomic E-state index is 12.7. The van der Waals surface area contributed by atoms with Gasteiger partial charge in [0.2, 0.25) is 0 Å². The zero-order chi connectivity index (χ0) is 22.0. The lowest BCUT2D eigenvalue weighted by atomic mass is 10.1. The summed E-state index contributed by atoms with van der Waals surface area (Å²) >= 11 is 14.2. The Bertz CT molecular complexity index is 1200. The van der Waals surface area contributed by atoms with Crippen LogP contribution in [0.15, 0.2) is 72.4 Å². The molecule has 0 aliphatic carbocycles. The zero-order valence-electron chi connectivity index (χ0n) is 15.9. The number of para-hydroxylation sites is 1. The van der Waals surface area contributed by atoms with Crippen molar-refractivity contribution in [2.45, 2.75) is 6.61 Å². The van der Waals surface area contributed by atoms with Gasteiger partial charge in [0.25, 0.3) is 5.91 Å². The topological polar surface area (TPSA) is 58.6 Å². The third kappa shape index (κ3) is 4.87. The van der Waals surface area contributed by atoms with Crippen LogP contribution in [0.1, 0.15) is 11.1 Å². The molecule has 8 heteroatoms. The maximum absolute atomic E-state index is 12.7. The molecule has 1 aliphatic heterocycles. The van der Waals surface area contributed by atoms with Crippen LogP contribution in [0.3, 0.4) is 0 Å². The molecular formula is C23H15Cl2IN2O3. The number of imide groups is 1. The molecule has 0 spiro atoms. The Hall–Kier alpha value is -2.55. The fraction of sp³-hybridized carbons (Fsp3) is 0.0435. The highest BCUT2D eigenvalue weighted by molar-refractivity contribution is 14.1. The lowest BCUT2D eigenvalue weighted by Gasteiger charge is -2.11. The molecule has 0 saturated carbocycles. The number of hydrogen-bond donors (Lipinski definition) is 1. The SMILES string of the molecule is O=C1N/C(=C/c2ccc(OCc3ccc(Cl)c(Cl)c3)c(I)c2)C(=O)N1c1ccccc1. The molecule has 1 saturated heterocycles. The van der Waals surface area contributed by atoms with Crippen molar-refractivity contribution in [2.75, 3.05) is 4.90 Å². The summed E-state index contributed by atoms with van der Waals surface area (Å²) in [6.45, 7) is 0.341. The Balaban J connectivity index is 1.49. The highest BCUT2D eigenvalue weighted by atomic mass is 127. The third-order valence-electron chi connectivity index (χ3n) is 4.54. The average molecular weight is 565 g/mol. The number of halogens is 3. The van der Waals surface area contributed by atoms with Crippen molar-refractivity contribution in [1.29, 1.82) is 0 Å². The summed E-state index contributed by atoms with van der Waals surface area (Å²) in [5.74, 6) is 0.299. The molecule has 3 aromatic carbocycles. The standard InChI is InChI=1S/C23H15Cl2IN2O3/c24-17-8-6-15(10-18(17)25)13-31-21-9-7-14(11-19(21)26)12-20-22(29)28(23(30)27-20)16-4-2-1-3-5-16/h1-12H,13H2,(H,27,30)/b20-12+. The molecule has 1 fully saturated rings. The summed E-state index contributed by atoms with van der Waals surface area (Å²) in [5, 5.41) is 3.61. The molecule has 0 atom stereocenters. The number of nitrogens with zero attached hydrogens (tertiary/aromatic N) is 1. The number of carbonyl (C=O) groups excluding carboxylic acids is 2. The van der Waals surface area contributed by atoms with Crippen molar-refractivity contribution in [3.8, 4) is 5.75 Å². The smallest absolute Gasteiger partial charge is 0.333 e. The molecule has 0 aromatic heterocycles. The lowest BCUT2D eigenvalue weighted by molar-refractivity contribution is -0.113. The van der Waals surface area contributed by atoms with Gasteiger partial charge in [-0.3, -0.25) is 4.79 Å². The first-order valence-corrected chi connectivity index (χ1v) is 11.0. The van der Waals surface area contributed by atoms with Crippen LogP contribution in [-0.4, -0.2) is 11.9 Å². The van der Waals surface area contributed by atoms with Crippen LogP contribution < -0.4 is 15.0 Å². The lowest BCUT2D eigenvalue weighted by Crippen LogP contribution is -2.30. The number of nitrogens with one attached hydrogen (secondary N) is 1. The second kappa shape index (κ2) is 9.30. The Morgan fingerprint density at radius 3 is 2.45 bits per heavy atom. The molecule has 4 rings (SSSR count). The van der Waals surface area contributed by atoms with Crippen molar-refractivity contribution in [3.05, 3.63) is 97.2 Å². The molecule has 31 heavy (non-hydrogen) atoms. The second-order valence-electron chi connectivity index (χ2n) is 6.69. The van der Waals surface area contributed by atoms with E-state index in [1.54, 1.807) is 42.5 Å². The van der Waals surface area contributed by atoms with Crippen molar-refractivity contribution in [2.24, 2.45) is 0 Å². The number of benzene rings is 3. The van der Waals surface area contributed by atoms with Crippen molar-refractivity contribution in [3.63, 3.8) is 0 Å². The van der Waals surface area contributed by atoms with E-state index in [0.29, 0.717) is 28.1 Å². The summed E-state index contributed by atoms with van der Waals surface area (Å²) in [6.07, 6.45) is 1.65. The van der Waals surface area contributed by atoms with Gasteiger partial charge in [-0.15, -0.1) is 0 Å². The van der Waals surface area contributed by atoms with E-state index < -0.39 is 11.9 Å². The first kappa shape index (κ1) is 21.7. The Morgan fingerprint density at radius 1 is 0.968 bits per heavy atom. The monoisotopic (exact) mass is 564 g/mol. The zero-order valence-corrected chi connectivity index (χ0v) is 19.6. The number of rotatable bonds is 5. The molecular weight excluding hydrogens is 550 g/mol. The quantitative estimate of drug-likeness (QED) is 0.225. The molecule has 1 heterocycles. The number of anilines is 1. The fourth-order valence-corrected chi connectivity index (χ4v) is 4.04. The predicted octanol–water partition coefficient (Wildman–Crippen LogP) is 6.27. The Kier molecular flexibility index (Phi) is 6.50. The van der Waals surface area contributed by atoms with Gasteiger partial charge >= 0.3 is 6.03 Å². The first-order chi connectivity index (χ1) is 14.9. The second-order valence-corrected chi connectivity index (χ2v) is 8.67. The van der Waals surface area contributed by atoms with E-state index in [0.717, 1.165) is 19.6 Å². The Labute approximate surface area is 202 Å². The van der Waals surface area contributed by atoms with E-state index in [4.69, 9.17) is 27.9 Å². The van der Waals surface area contributed by atoms with E-state index in [9.17, 15) is 9.59 Å². The molecule has 5 nitrogen and oxygen atoms in total. The summed E-state index contributed by atoms with van der Waals surface area (Å²) in [7, 11) is 0. The van der Waals surface area contributed by atoms with Crippen molar-refractivity contribution in [1.82, 2.24) is 5.32 Å². The summed E-state index contributed by atoms with van der Waals surface area (Å²) in [4.78, 5) is 26.1. The molecule has 3 amide bonds. The van der Waals surface area contributed by atoms with E-state index in [1.165, 1.54) is 0 Å². The van der Waals surface area contributed by atoms with Crippen LogP contribution in [0.2, 0.25) is 10.0 Å². The molecule has 1 aliphatic rings. The van der Waals surface area contributed by atoms with Gasteiger partial charge in [-0.05, 0) is 76.2 Å². The van der Waals surface area contributed by atoms with Crippen LogP contribution >= 0.6 is 45.8 Å². The minimum Gasteiger partial charge on any atom is -0.488 e. The minimum atomic E-state index is -0.473. The average Bonchev–Trinajstić information content (AvgIpc) is 3.03. The van der Waals surface area contributed by atoms with Gasteiger partial charge in [0, 0.05) is 0 Å². The summed E-state index contributed by atoms with van der Waals surface area (Å²) in [6, 6.07) is 19.2. The third-order valence-corrected chi connectivity index (χ3v) is 6.12. The normalized spacial score (nSPS) is 14.8. The van der Waals surface area contributed by atoms with Gasteiger partial charge in [0.15, 0.2) is 0 Å². The number of urea groups is 1. The molecule has 0 radical (unpaired) electrons. The van der Waals surface area contributed by atoms with Crippen LogP contribution in [0.5, 0.6) is 5.75 Å². The van der Waals surface area contributed by atoms with E-state index in [1.807, 2.05) is 30.3 Å². The van der Waals surface area contributed by atoms with Gasteiger partial charge in [-0.2, -0.15) is 0 Å². The van der Waals surface area contributed by atoms with Crippen LogP contribution in [-0.2, 0) is 11.4 Å². The van der Waals surface area contributed by atoms with Gasteiger partial charge in [-0.25, -0.2) is 9.69 Å². The summed E-state index contributed by atoms with van der Waals surface area (Å²) in [5.41, 5.74) is 2.41. The Morgan fingerprint density at radius 2 is 1.74 bits per heavy atom. The van der Waals surface area contributed by atoms with Crippen molar-refractivity contribution < 1.29 is 14.3 Å². The molecule has 156 valence electrons. The summed E-state index contributed by atoms with van der Waals surface area (Å²) < 4.78 is 6.75. The van der Waals surface area contributed by atoms with Crippen LogP contribution in [0.25, 0.3) is 6.08 Å². The first-order valence-electron chi connectivity index (χ1n) is 9.21. The highest BCUT2D eigenvalue weighted by Crippen LogP contribution is 2.27. The number of hydrogen-bond acceptors (Lipinski definition) is 3. The van der Waals surface area contributed by atoms with Gasteiger partial charge < -0.3 is 10.1 Å².